The number of nitrogens with one attached hydrogen (secondary N) is 1. The van der Waals surface area contributed by atoms with Gasteiger partial charge in [-0.1, -0.05) is 18.2 Å². The van der Waals surface area contributed by atoms with E-state index in [1.807, 2.05) is 55.5 Å². The first kappa shape index (κ1) is 17.2. The van der Waals surface area contributed by atoms with Gasteiger partial charge in [-0.25, -0.2) is 0 Å². The number of carbonyl (C=O) groups is 1. The molecule has 0 spiro atoms. The van der Waals surface area contributed by atoms with Gasteiger partial charge in [-0.2, -0.15) is 0 Å². The molecule has 3 rings (SSSR count). The molecule has 1 amide bonds. The number of nitrogens with zero attached hydrogens (tertiary/aromatic N) is 1. The van der Waals surface area contributed by atoms with Crippen molar-refractivity contribution >= 4 is 17.2 Å². The number of para-hydroxylation sites is 1. The molecule has 0 fully saturated rings. The number of hydrogen-bond acceptors (Lipinski definition) is 4. The topological polar surface area (TPSA) is 51.2 Å². The molecule has 0 saturated carbocycles. The monoisotopic (exact) mass is 352 g/mol. The maximum Gasteiger partial charge on any atom is 0.261 e. The molecule has 0 atom stereocenters. The molecule has 0 radical (unpaired) electrons. The van der Waals surface area contributed by atoms with Gasteiger partial charge in [-0.15, -0.1) is 11.3 Å². The summed E-state index contributed by atoms with van der Waals surface area (Å²) in [7, 11) is 0. The van der Waals surface area contributed by atoms with E-state index in [9.17, 15) is 4.79 Å². The predicted octanol–water partition coefficient (Wildman–Crippen LogP) is 4.18. The lowest BCUT2D eigenvalue weighted by molar-refractivity contribution is 0.0958. The van der Waals surface area contributed by atoms with Crippen LogP contribution in [0.3, 0.4) is 0 Å². The summed E-state index contributed by atoms with van der Waals surface area (Å²) in [5, 5.41) is 2.99. The van der Waals surface area contributed by atoms with Crippen LogP contribution < -0.4 is 10.1 Å². The Kier molecular flexibility index (Phi) is 5.80. The highest BCUT2D eigenvalue weighted by Gasteiger charge is 2.10. The molecule has 0 aliphatic heterocycles. The first-order valence-corrected chi connectivity index (χ1v) is 9.08. The van der Waals surface area contributed by atoms with Crippen molar-refractivity contribution in [2.45, 2.75) is 13.3 Å². The molecule has 0 aliphatic carbocycles. The van der Waals surface area contributed by atoms with Gasteiger partial charge in [0.05, 0.1) is 11.5 Å². The van der Waals surface area contributed by atoms with Gasteiger partial charge in [-0.05, 0) is 54.8 Å². The lowest BCUT2D eigenvalue weighted by Gasteiger charge is -2.10. The van der Waals surface area contributed by atoms with Gasteiger partial charge in [0.15, 0.2) is 0 Å². The second-order valence-corrected chi connectivity index (χ2v) is 6.53. The van der Waals surface area contributed by atoms with Crippen LogP contribution in [0.4, 0.5) is 0 Å². The van der Waals surface area contributed by atoms with E-state index in [2.05, 4.69) is 10.3 Å². The van der Waals surface area contributed by atoms with Gasteiger partial charge in [0, 0.05) is 23.8 Å². The van der Waals surface area contributed by atoms with Crippen LogP contribution in [-0.2, 0) is 6.42 Å². The lowest BCUT2D eigenvalue weighted by Crippen LogP contribution is -2.24. The number of rotatable bonds is 7. The standard InChI is InChI=1S/C20H20N2O2S/c1-2-24-17-6-4-3-5-15(17)11-14-22-20(23)19-8-7-18(25-19)16-9-12-21-13-10-16/h3-10,12-13H,2,11,14H2,1H3,(H,22,23). The van der Waals surface area contributed by atoms with E-state index in [1.54, 1.807) is 12.4 Å². The summed E-state index contributed by atoms with van der Waals surface area (Å²) in [6, 6.07) is 15.7. The summed E-state index contributed by atoms with van der Waals surface area (Å²) < 4.78 is 5.62. The summed E-state index contributed by atoms with van der Waals surface area (Å²) in [5.41, 5.74) is 2.18. The molecule has 2 aromatic heterocycles. The zero-order valence-corrected chi connectivity index (χ0v) is 14.9. The number of aromatic nitrogens is 1. The fraction of sp³-hybridized carbons (Fsp3) is 0.200. The number of ether oxygens (including phenoxy) is 1. The molecule has 0 bridgehead atoms. The van der Waals surface area contributed by atoms with E-state index in [0.29, 0.717) is 18.0 Å². The second kappa shape index (κ2) is 8.44. The smallest absolute Gasteiger partial charge is 0.261 e. The van der Waals surface area contributed by atoms with Crippen molar-refractivity contribution < 1.29 is 9.53 Å². The molecule has 128 valence electrons. The molecule has 0 aliphatic rings. The molecule has 4 nitrogen and oxygen atoms in total. The van der Waals surface area contributed by atoms with Gasteiger partial charge in [0.25, 0.3) is 5.91 Å². The number of pyridine rings is 1. The maximum absolute atomic E-state index is 12.3. The third-order valence-corrected chi connectivity index (χ3v) is 4.88. The lowest BCUT2D eigenvalue weighted by atomic mass is 10.1. The van der Waals surface area contributed by atoms with Crippen molar-refractivity contribution in [1.82, 2.24) is 10.3 Å². The zero-order valence-electron chi connectivity index (χ0n) is 14.1. The molecule has 0 saturated heterocycles. The van der Waals surface area contributed by atoms with Gasteiger partial charge >= 0.3 is 0 Å². The number of thiophene rings is 1. The van der Waals surface area contributed by atoms with E-state index < -0.39 is 0 Å². The number of hydrogen-bond donors (Lipinski definition) is 1. The van der Waals surface area contributed by atoms with Crippen LogP contribution in [0.2, 0.25) is 0 Å². The van der Waals surface area contributed by atoms with Crippen molar-refractivity contribution in [3.63, 3.8) is 0 Å². The summed E-state index contributed by atoms with van der Waals surface area (Å²) in [6.07, 6.45) is 4.25. The van der Waals surface area contributed by atoms with Crippen molar-refractivity contribution in [1.29, 1.82) is 0 Å². The molecule has 25 heavy (non-hydrogen) atoms. The van der Waals surface area contributed by atoms with E-state index in [-0.39, 0.29) is 5.91 Å². The largest absolute Gasteiger partial charge is 0.494 e. The van der Waals surface area contributed by atoms with Crippen LogP contribution in [0.5, 0.6) is 5.75 Å². The number of carbonyl (C=O) groups excluding carboxylic acids is 1. The van der Waals surface area contributed by atoms with Crippen LogP contribution >= 0.6 is 11.3 Å². The fourth-order valence-corrected chi connectivity index (χ4v) is 3.46. The van der Waals surface area contributed by atoms with E-state index in [4.69, 9.17) is 4.74 Å². The van der Waals surface area contributed by atoms with Crippen LogP contribution in [0.15, 0.2) is 60.9 Å². The van der Waals surface area contributed by atoms with Crippen LogP contribution in [0, 0.1) is 0 Å². The quantitative estimate of drug-likeness (QED) is 0.694. The Hall–Kier alpha value is -2.66. The molecular formula is C20H20N2O2S. The SMILES string of the molecule is CCOc1ccccc1CCNC(=O)c1ccc(-c2ccncc2)s1. The summed E-state index contributed by atoms with van der Waals surface area (Å²) in [5.74, 6) is 0.842. The zero-order chi connectivity index (χ0) is 17.5. The summed E-state index contributed by atoms with van der Waals surface area (Å²) >= 11 is 1.49. The summed E-state index contributed by atoms with van der Waals surface area (Å²) in [6.45, 7) is 3.18. The minimum Gasteiger partial charge on any atom is -0.494 e. The number of amides is 1. The molecule has 3 aromatic rings. The highest BCUT2D eigenvalue weighted by Crippen LogP contribution is 2.27. The van der Waals surface area contributed by atoms with Gasteiger partial charge in [0.1, 0.15) is 5.75 Å². The molecular weight excluding hydrogens is 332 g/mol. The van der Waals surface area contributed by atoms with Crippen molar-refractivity contribution in [3.05, 3.63) is 71.4 Å². The molecule has 1 N–H and O–H groups in total. The minimum atomic E-state index is -0.0424. The van der Waals surface area contributed by atoms with Gasteiger partial charge in [-0.3, -0.25) is 9.78 Å². The third-order valence-electron chi connectivity index (χ3n) is 3.75. The molecule has 1 aromatic carbocycles. The van der Waals surface area contributed by atoms with Crippen molar-refractivity contribution in [2.75, 3.05) is 13.2 Å². The van der Waals surface area contributed by atoms with Crippen molar-refractivity contribution in [2.24, 2.45) is 0 Å². The molecule has 2 heterocycles. The molecule has 5 heteroatoms. The summed E-state index contributed by atoms with van der Waals surface area (Å²) in [4.78, 5) is 18.1. The normalized spacial score (nSPS) is 10.4. The Morgan fingerprint density at radius 1 is 1.12 bits per heavy atom. The van der Waals surface area contributed by atoms with Gasteiger partial charge < -0.3 is 10.1 Å². The van der Waals surface area contributed by atoms with Crippen molar-refractivity contribution in [3.8, 4) is 16.2 Å². The minimum absolute atomic E-state index is 0.0424. The average Bonchev–Trinajstić information content (AvgIpc) is 3.14. The number of benzene rings is 1. The van der Waals surface area contributed by atoms with E-state index >= 15 is 0 Å². The molecule has 0 unspecified atom stereocenters. The Balaban J connectivity index is 1.58. The second-order valence-electron chi connectivity index (χ2n) is 5.45. The Bertz CT molecular complexity index is 830. The van der Waals surface area contributed by atoms with Crippen LogP contribution in [0.25, 0.3) is 10.4 Å². The predicted molar refractivity (Wildman–Crippen MR) is 101 cm³/mol. The van der Waals surface area contributed by atoms with Crippen LogP contribution in [-0.4, -0.2) is 24.0 Å². The Labute approximate surface area is 151 Å². The van der Waals surface area contributed by atoms with Gasteiger partial charge in [0.2, 0.25) is 0 Å². The van der Waals surface area contributed by atoms with Crippen LogP contribution in [0.1, 0.15) is 22.2 Å². The third kappa shape index (κ3) is 4.45. The highest BCUT2D eigenvalue weighted by atomic mass is 32.1. The Morgan fingerprint density at radius 3 is 2.72 bits per heavy atom. The fourth-order valence-electron chi connectivity index (χ4n) is 2.54. The van der Waals surface area contributed by atoms with E-state index in [1.165, 1.54) is 11.3 Å². The average molecular weight is 352 g/mol. The Morgan fingerprint density at radius 2 is 1.92 bits per heavy atom. The highest BCUT2D eigenvalue weighted by molar-refractivity contribution is 7.17. The maximum atomic E-state index is 12.3. The first-order valence-electron chi connectivity index (χ1n) is 8.27. The van der Waals surface area contributed by atoms with E-state index in [0.717, 1.165) is 28.2 Å². The first-order chi connectivity index (χ1) is 12.3.